The van der Waals surface area contributed by atoms with E-state index in [4.69, 9.17) is 4.74 Å². The van der Waals surface area contributed by atoms with Crippen LogP contribution in [0.2, 0.25) is 0 Å². The van der Waals surface area contributed by atoms with E-state index in [-0.39, 0.29) is 35.6 Å². The zero-order valence-electron chi connectivity index (χ0n) is 16.3. The molecule has 1 fully saturated rings. The van der Waals surface area contributed by atoms with Gasteiger partial charge in [0, 0.05) is 17.7 Å². The molecule has 0 bridgehead atoms. The highest BCUT2D eigenvalue weighted by atomic mass is 19.2. The standard InChI is InChI=1S/C23H26F4O/c1-3-28-13-12-16-8-9-18(22(26)20(16)24)19-11-10-17(21(25)23(19)27)15-6-4-14(2)5-7-15/h8-11,14-15H,3-7,12-13H2,1-2H3. The van der Waals surface area contributed by atoms with Gasteiger partial charge >= 0.3 is 0 Å². The van der Waals surface area contributed by atoms with Crippen LogP contribution in [0.4, 0.5) is 17.6 Å². The van der Waals surface area contributed by atoms with Gasteiger partial charge in [-0.25, -0.2) is 17.6 Å². The van der Waals surface area contributed by atoms with Crippen LogP contribution in [0, 0.1) is 29.2 Å². The summed E-state index contributed by atoms with van der Waals surface area (Å²) in [6, 6.07) is 5.60. The first-order valence-electron chi connectivity index (χ1n) is 9.96. The van der Waals surface area contributed by atoms with Gasteiger partial charge in [0.1, 0.15) is 0 Å². The van der Waals surface area contributed by atoms with Crippen LogP contribution in [0.5, 0.6) is 0 Å². The van der Waals surface area contributed by atoms with E-state index in [0.29, 0.717) is 18.1 Å². The van der Waals surface area contributed by atoms with Gasteiger partial charge in [-0.2, -0.15) is 0 Å². The third-order valence-corrected chi connectivity index (χ3v) is 5.74. The Morgan fingerprint density at radius 2 is 1.43 bits per heavy atom. The highest BCUT2D eigenvalue weighted by Crippen LogP contribution is 2.39. The lowest BCUT2D eigenvalue weighted by Crippen LogP contribution is -2.13. The second kappa shape index (κ2) is 9.08. The molecule has 1 aliphatic rings. The Hall–Kier alpha value is -1.88. The van der Waals surface area contributed by atoms with Crippen LogP contribution < -0.4 is 0 Å². The van der Waals surface area contributed by atoms with Crippen molar-refractivity contribution < 1.29 is 22.3 Å². The lowest BCUT2D eigenvalue weighted by Gasteiger charge is -2.27. The molecule has 5 heteroatoms. The Bertz CT molecular complexity index is 826. The maximum absolute atomic E-state index is 14.8. The molecule has 3 rings (SSSR count). The van der Waals surface area contributed by atoms with Crippen LogP contribution in [-0.2, 0) is 11.2 Å². The summed E-state index contributed by atoms with van der Waals surface area (Å²) >= 11 is 0. The van der Waals surface area contributed by atoms with Crippen molar-refractivity contribution in [2.75, 3.05) is 13.2 Å². The van der Waals surface area contributed by atoms with Gasteiger partial charge in [-0.1, -0.05) is 44.0 Å². The number of ether oxygens (including phenoxy) is 1. The predicted octanol–water partition coefficient (Wildman–Crippen LogP) is 6.78. The maximum Gasteiger partial charge on any atom is 0.167 e. The first kappa shape index (κ1) is 20.8. The van der Waals surface area contributed by atoms with E-state index >= 15 is 0 Å². The monoisotopic (exact) mass is 394 g/mol. The molecule has 0 heterocycles. The Labute approximate surface area is 163 Å². The Morgan fingerprint density at radius 1 is 0.821 bits per heavy atom. The quantitative estimate of drug-likeness (QED) is 0.387. The van der Waals surface area contributed by atoms with Crippen LogP contribution >= 0.6 is 0 Å². The van der Waals surface area contributed by atoms with E-state index in [9.17, 15) is 17.6 Å². The van der Waals surface area contributed by atoms with Gasteiger partial charge in [-0.05, 0) is 49.1 Å². The van der Waals surface area contributed by atoms with E-state index in [2.05, 4.69) is 6.92 Å². The third kappa shape index (κ3) is 4.24. The fourth-order valence-electron chi connectivity index (χ4n) is 3.98. The Balaban J connectivity index is 1.89. The van der Waals surface area contributed by atoms with Crippen LogP contribution in [-0.4, -0.2) is 13.2 Å². The molecule has 28 heavy (non-hydrogen) atoms. The van der Waals surface area contributed by atoms with Gasteiger partial charge in [0.2, 0.25) is 0 Å². The molecule has 0 aromatic heterocycles. The van der Waals surface area contributed by atoms with Crippen LogP contribution in [0.3, 0.4) is 0 Å². The van der Waals surface area contributed by atoms with E-state index in [1.54, 1.807) is 0 Å². The van der Waals surface area contributed by atoms with E-state index in [1.807, 2.05) is 6.92 Å². The van der Waals surface area contributed by atoms with Gasteiger partial charge < -0.3 is 4.74 Å². The van der Waals surface area contributed by atoms with Crippen molar-refractivity contribution in [3.8, 4) is 11.1 Å². The van der Waals surface area contributed by atoms with Crippen LogP contribution in [0.25, 0.3) is 11.1 Å². The summed E-state index contributed by atoms with van der Waals surface area (Å²) in [5.74, 6) is -3.69. The topological polar surface area (TPSA) is 9.23 Å². The van der Waals surface area contributed by atoms with Crippen LogP contribution in [0.1, 0.15) is 56.6 Å². The molecule has 0 amide bonds. The maximum atomic E-state index is 14.8. The predicted molar refractivity (Wildman–Crippen MR) is 102 cm³/mol. The minimum atomic E-state index is -1.16. The second-order valence-corrected chi connectivity index (χ2v) is 7.63. The molecule has 0 aliphatic heterocycles. The minimum Gasteiger partial charge on any atom is -0.381 e. The number of hydrogen-bond donors (Lipinski definition) is 0. The Morgan fingerprint density at radius 3 is 2.07 bits per heavy atom. The first-order valence-corrected chi connectivity index (χ1v) is 9.96. The van der Waals surface area contributed by atoms with E-state index < -0.39 is 23.3 Å². The molecule has 0 unspecified atom stereocenters. The van der Waals surface area contributed by atoms with E-state index in [0.717, 1.165) is 25.7 Å². The van der Waals surface area contributed by atoms with Crippen LogP contribution in [0.15, 0.2) is 24.3 Å². The molecule has 0 saturated heterocycles. The van der Waals surface area contributed by atoms with Crippen molar-refractivity contribution >= 4 is 0 Å². The SMILES string of the molecule is CCOCCc1ccc(-c2ccc(C3CCC(C)CC3)c(F)c2F)c(F)c1F. The smallest absolute Gasteiger partial charge is 0.167 e. The zero-order chi connectivity index (χ0) is 20.3. The fraction of sp³-hybridized carbons (Fsp3) is 0.478. The summed E-state index contributed by atoms with van der Waals surface area (Å²) < 4.78 is 63.6. The van der Waals surface area contributed by atoms with Crippen molar-refractivity contribution in [1.82, 2.24) is 0 Å². The molecule has 0 radical (unpaired) electrons. The second-order valence-electron chi connectivity index (χ2n) is 7.63. The summed E-state index contributed by atoms with van der Waals surface area (Å²) in [6.45, 7) is 4.73. The van der Waals surface area contributed by atoms with Gasteiger partial charge in [-0.3, -0.25) is 0 Å². The summed E-state index contributed by atoms with van der Waals surface area (Å²) in [4.78, 5) is 0. The van der Waals surface area contributed by atoms with Gasteiger partial charge in [0.15, 0.2) is 23.3 Å². The molecule has 0 spiro atoms. The molecular weight excluding hydrogens is 368 g/mol. The number of hydrogen-bond acceptors (Lipinski definition) is 1. The van der Waals surface area contributed by atoms with Crippen molar-refractivity contribution in [2.24, 2.45) is 5.92 Å². The number of rotatable bonds is 6. The van der Waals surface area contributed by atoms with Crippen molar-refractivity contribution in [1.29, 1.82) is 0 Å². The molecule has 1 aliphatic carbocycles. The summed E-state index contributed by atoms with van der Waals surface area (Å²) in [7, 11) is 0. The zero-order valence-corrected chi connectivity index (χ0v) is 16.3. The van der Waals surface area contributed by atoms with E-state index in [1.165, 1.54) is 24.3 Å². The first-order chi connectivity index (χ1) is 13.4. The molecular formula is C23H26F4O. The largest absolute Gasteiger partial charge is 0.381 e. The summed E-state index contributed by atoms with van der Waals surface area (Å²) in [6.07, 6.45) is 3.81. The van der Waals surface area contributed by atoms with Gasteiger partial charge in [-0.15, -0.1) is 0 Å². The fourth-order valence-corrected chi connectivity index (χ4v) is 3.98. The highest BCUT2D eigenvalue weighted by molar-refractivity contribution is 5.66. The van der Waals surface area contributed by atoms with Crippen molar-refractivity contribution in [2.45, 2.75) is 51.9 Å². The molecule has 1 nitrogen and oxygen atoms in total. The average Bonchev–Trinajstić information content (AvgIpc) is 2.69. The van der Waals surface area contributed by atoms with Crippen molar-refractivity contribution in [3.63, 3.8) is 0 Å². The minimum absolute atomic E-state index is 0.0257. The lowest BCUT2D eigenvalue weighted by molar-refractivity contribution is 0.150. The third-order valence-electron chi connectivity index (χ3n) is 5.74. The summed E-state index contributed by atoms with van der Waals surface area (Å²) in [5, 5.41) is 0. The molecule has 2 aromatic rings. The normalized spacial score (nSPS) is 19.8. The number of halogens is 4. The Kier molecular flexibility index (Phi) is 6.76. The van der Waals surface area contributed by atoms with Crippen molar-refractivity contribution in [3.05, 3.63) is 58.7 Å². The lowest BCUT2D eigenvalue weighted by atomic mass is 9.79. The molecule has 2 aromatic carbocycles. The molecule has 1 saturated carbocycles. The summed E-state index contributed by atoms with van der Waals surface area (Å²) in [5.41, 5.74) is -0.0260. The molecule has 152 valence electrons. The highest BCUT2D eigenvalue weighted by Gasteiger charge is 2.26. The number of benzene rings is 2. The van der Waals surface area contributed by atoms with Gasteiger partial charge in [0.25, 0.3) is 0 Å². The average molecular weight is 394 g/mol. The molecule has 0 atom stereocenters. The van der Waals surface area contributed by atoms with Gasteiger partial charge in [0.05, 0.1) is 6.61 Å². The molecule has 0 N–H and O–H groups in total.